The Hall–Kier alpha value is 0.320. The molecule has 0 spiro atoms. The van der Waals surface area contributed by atoms with E-state index in [1.54, 1.807) is 0 Å². The van der Waals surface area contributed by atoms with Crippen LogP contribution in [0.2, 0.25) is 0 Å². The Morgan fingerprint density at radius 3 is 2.08 bits per heavy atom. The van der Waals surface area contributed by atoms with Crippen molar-refractivity contribution in [2.45, 2.75) is 11.1 Å². The van der Waals surface area contributed by atoms with Gasteiger partial charge in [-0.1, -0.05) is 15.9 Å². The van der Waals surface area contributed by atoms with Crippen LogP contribution in [-0.2, 0) is 6.18 Å². The van der Waals surface area contributed by atoms with E-state index in [1.807, 2.05) is 0 Å². The fourth-order valence-corrected chi connectivity index (χ4v) is 2.04. The number of halogens is 5. The molecule has 1 aromatic carbocycles. The van der Waals surface area contributed by atoms with E-state index in [4.69, 9.17) is 0 Å². The number of benzene rings is 1. The van der Waals surface area contributed by atoms with E-state index in [2.05, 4.69) is 44.5 Å². The molecule has 0 N–H and O–H groups in total. The molecule has 6 heteroatoms. The Morgan fingerprint density at radius 1 is 1.08 bits per heavy atom. The average molecular weight is 336 g/mol. The largest absolute Gasteiger partial charge is 0.417 e. The molecule has 1 aromatic rings. The van der Waals surface area contributed by atoms with Crippen LogP contribution in [0.4, 0.5) is 13.2 Å². The van der Waals surface area contributed by atoms with Crippen molar-refractivity contribution in [2.24, 2.45) is 0 Å². The van der Waals surface area contributed by atoms with Gasteiger partial charge >= 0.3 is 6.18 Å². The van der Waals surface area contributed by atoms with E-state index in [1.165, 1.54) is 6.07 Å². The molecule has 13 heavy (non-hydrogen) atoms. The summed E-state index contributed by atoms with van der Waals surface area (Å²) in [5.74, 6) is 0. The van der Waals surface area contributed by atoms with Gasteiger partial charge in [0.2, 0.25) is 0 Å². The van der Waals surface area contributed by atoms with Gasteiger partial charge in [-0.15, -0.1) is 12.6 Å². The van der Waals surface area contributed by atoms with Gasteiger partial charge in [0.1, 0.15) is 0 Å². The highest BCUT2D eigenvalue weighted by Crippen LogP contribution is 2.38. The van der Waals surface area contributed by atoms with Crippen LogP contribution in [0.3, 0.4) is 0 Å². The van der Waals surface area contributed by atoms with Crippen molar-refractivity contribution in [2.75, 3.05) is 0 Å². The molecule has 0 aliphatic heterocycles. The highest BCUT2D eigenvalue weighted by atomic mass is 79.9. The van der Waals surface area contributed by atoms with Crippen LogP contribution in [0, 0.1) is 0 Å². The molecule has 1 rings (SSSR count). The van der Waals surface area contributed by atoms with Gasteiger partial charge in [-0.25, -0.2) is 0 Å². The first-order valence-electron chi connectivity index (χ1n) is 3.07. The summed E-state index contributed by atoms with van der Waals surface area (Å²) in [6.07, 6.45) is -4.34. The van der Waals surface area contributed by atoms with Crippen LogP contribution in [0.5, 0.6) is 0 Å². The molecule has 0 radical (unpaired) electrons. The van der Waals surface area contributed by atoms with Gasteiger partial charge in [0.05, 0.1) is 5.56 Å². The lowest BCUT2D eigenvalue weighted by atomic mass is 10.2. The number of hydrogen-bond acceptors (Lipinski definition) is 1. The summed E-state index contributed by atoms with van der Waals surface area (Å²) >= 11 is 9.77. The molecule has 0 fully saturated rings. The predicted molar refractivity (Wildman–Crippen MR) is 54.1 cm³/mol. The smallest absolute Gasteiger partial charge is 0.166 e. The van der Waals surface area contributed by atoms with Crippen LogP contribution in [-0.4, -0.2) is 0 Å². The molecule has 0 amide bonds. The molecule has 0 atom stereocenters. The van der Waals surface area contributed by atoms with Gasteiger partial charge in [-0.3, -0.25) is 0 Å². The van der Waals surface area contributed by atoms with Crippen LogP contribution in [0.15, 0.2) is 26.0 Å². The zero-order valence-corrected chi connectivity index (χ0v) is 10.1. The molecule has 0 bridgehead atoms. The fraction of sp³-hybridized carbons (Fsp3) is 0.143. The minimum atomic E-state index is -4.34. The second kappa shape index (κ2) is 3.82. The van der Waals surface area contributed by atoms with E-state index in [0.29, 0.717) is 9.37 Å². The number of thiol groups is 1. The lowest BCUT2D eigenvalue weighted by molar-refractivity contribution is -0.138. The van der Waals surface area contributed by atoms with Gasteiger partial charge in [-0.05, 0) is 28.1 Å². The third kappa shape index (κ3) is 2.63. The first-order chi connectivity index (χ1) is 5.82. The lowest BCUT2D eigenvalue weighted by Gasteiger charge is -2.10. The molecular weight excluding hydrogens is 333 g/mol. The fourth-order valence-electron chi connectivity index (χ4n) is 0.754. The van der Waals surface area contributed by atoms with Crippen LogP contribution < -0.4 is 0 Å². The summed E-state index contributed by atoms with van der Waals surface area (Å²) in [7, 11) is 0. The average Bonchev–Trinajstić information content (AvgIpc) is 1.94. The molecule has 0 unspecified atom stereocenters. The molecule has 0 saturated carbocycles. The molecule has 0 aliphatic carbocycles. The summed E-state index contributed by atoms with van der Waals surface area (Å²) in [6.45, 7) is 0. The Balaban J connectivity index is 3.32. The molecule has 72 valence electrons. The number of rotatable bonds is 0. The Labute approximate surface area is 95.2 Å². The highest BCUT2D eigenvalue weighted by molar-refractivity contribution is 9.11. The van der Waals surface area contributed by atoms with E-state index in [-0.39, 0.29) is 4.47 Å². The second-order valence-electron chi connectivity index (χ2n) is 2.28. The minimum absolute atomic E-state index is 0.00630. The highest BCUT2D eigenvalue weighted by Gasteiger charge is 2.33. The first-order valence-corrected chi connectivity index (χ1v) is 5.11. The van der Waals surface area contributed by atoms with Gasteiger partial charge in [0, 0.05) is 13.8 Å². The Bertz CT molecular complexity index is 335. The summed E-state index contributed by atoms with van der Waals surface area (Å²) in [5.41, 5.74) is -0.711. The Kier molecular flexibility index (Phi) is 3.35. The number of alkyl halides is 3. The van der Waals surface area contributed by atoms with E-state index in [9.17, 15) is 13.2 Å². The van der Waals surface area contributed by atoms with E-state index < -0.39 is 11.7 Å². The van der Waals surface area contributed by atoms with Crippen LogP contribution in [0.25, 0.3) is 0 Å². The zero-order chi connectivity index (χ0) is 10.2. The first kappa shape index (κ1) is 11.4. The maximum atomic E-state index is 12.3. The van der Waals surface area contributed by atoms with Crippen LogP contribution in [0.1, 0.15) is 5.56 Å². The summed E-state index contributed by atoms with van der Waals surface area (Å²) in [6, 6.07) is 2.29. The van der Waals surface area contributed by atoms with Crippen LogP contribution >= 0.6 is 44.5 Å². The van der Waals surface area contributed by atoms with Crippen molar-refractivity contribution in [3.8, 4) is 0 Å². The quantitative estimate of drug-likeness (QED) is 0.662. The standard InChI is InChI=1S/C7H3Br2F3S/c8-4-2-6(13)5(9)1-3(4)7(10,11)12/h1-2,13H. The summed E-state index contributed by atoms with van der Waals surface area (Å²) < 4.78 is 37.2. The zero-order valence-electron chi connectivity index (χ0n) is 5.99. The normalized spacial score (nSPS) is 11.8. The lowest BCUT2D eigenvalue weighted by Crippen LogP contribution is -2.06. The SMILES string of the molecule is FC(F)(F)c1cc(Br)c(S)cc1Br. The van der Waals surface area contributed by atoms with Crippen molar-refractivity contribution in [3.05, 3.63) is 26.6 Å². The van der Waals surface area contributed by atoms with Gasteiger partial charge in [0.15, 0.2) is 0 Å². The molecule has 0 saturated heterocycles. The minimum Gasteiger partial charge on any atom is -0.166 e. The van der Waals surface area contributed by atoms with Crippen molar-refractivity contribution in [3.63, 3.8) is 0 Å². The molecule has 0 heterocycles. The Morgan fingerprint density at radius 2 is 1.62 bits per heavy atom. The predicted octanol–water partition coefficient (Wildman–Crippen LogP) is 4.52. The maximum absolute atomic E-state index is 12.3. The van der Waals surface area contributed by atoms with Crippen molar-refractivity contribution < 1.29 is 13.2 Å². The van der Waals surface area contributed by atoms with Crippen molar-refractivity contribution in [1.82, 2.24) is 0 Å². The third-order valence-corrected chi connectivity index (χ3v) is 3.33. The van der Waals surface area contributed by atoms with Gasteiger partial charge < -0.3 is 0 Å². The molecule has 0 aliphatic rings. The van der Waals surface area contributed by atoms with Gasteiger partial charge in [-0.2, -0.15) is 13.2 Å². The third-order valence-electron chi connectivity index (χ3n) is 1.34. The maximum Gasteiger partial charge on any atom is 0.417 e. The second-order valence-corrected chi connectivity index (χ2v) is 4.47. The topological polar surface area (TPSA) is 0 Å². The summed E-state index contributed by atoms with van der Waals surface area (Å²) in [5, 5.41) is 0. The molecular formula is C7H3Br2F3S. The van der Waals surface area contributed by atoms with Gasteiger partial charge in [0.25, 0.3) is 0 Å². The van der Waals surface area contributed by atoms with Crippen molar-refractivity contribution >= 4 is 44.5 Å². The monoisotopic (exact) mass is 334 g/mol. The van der Waals surface area contributed by atoms with E-state index >= 15 is 0 Å². The molecule has 0 aromatic heterocycles. The summed E-state index contributed by atoms with van der Waals surface area (Å²) in [4.78, 5) is 0.458. The molecule has 0 nitrogen and oxygen atoms in total. The van der Waals surface area contributed by atoms with Crippen molar-refractivity contribution in [1.29, 1.82) is 0 Å². The van der Waals surface area contributed by atoms with E-state index in [0.717, 1.165) is 6.07 Å². The number of hydrogen-bond donors (Lipinski definition) is 1.